The summed E-state index contributed by atoms with van der Waals surface area (Å²) in [6.45, 7) is 13.9. The molecule has 60 heavy (non-hydrogen) atoms. The Balaban J connectivity index is 1.32. The molecular weight excluding hydrogens is 735 g/mol. The van der Waals surface area contributed by atoms with Gasteiger partial charge in [0.2, 0.25) is 0 Å². The minimum atomic E-state index is -0.141. The number of rotatable bonds is 3. The monoisotopic (exact) mass is 777 g/mol. The topological polar surface area (TPSA) is 44.4 Å². The smallest absolute Gasteiger partial charge is 0.143 e. The Morgan fingerprint density at radius 2 is 0.750 bits per heavy atom. The Kier molecular flexibility index (Phi) is 7.14. The van der Waals surface area contributed by atoms with Gasteiger partial charge in [0.15, 0.2) is 0 Å². The third kappa shape index (κ3) is 5.03. The van der Waals surface area contributed by atoms with Crippen LogP contribution in [0.3, 0.4) is 0 Å². The first-order valence-electron chi connectivity index (χ1n) is 20.9. The Morgan fingerprint density at radius 3 is 1.23 bits per heavy atom. The summed E-state index contributed by atoms with van der Waals surface area (Å²) in [5.41, 5.74) is 15.2. The van der Waals surface area contributed by atoms with Crippen LogP contribution in [-0.2, 0) is 10.8 Å². The van der Waals surface area contributed by atoms with Gasteiger partial charge in [0.1, 0.15) is 33.5 Å². The van der Waals surface area contributed by atoms with Crippen LogP contribution in [0.15, 0.2) is 165 Å². The molecule has 8 aromatic carbocycles. The summed E-state index contributed by atoms with van der Waals surface area (Å²) in [6.07, 6.45) is 0. The summed E-state index contributed by atoms with van der Waals surface area (Å²) in [5.74, 6) is 0. The molecule has 0 saturated heterocycles. The van der Waals surface area contributed by atoms with E-state index in [9.17, 15) is 0 Å². The van der Waals surface area contributed by atoms with Gasteiger partial charge in [-0.2, -0.15) is 0 Å². The van der Waals surface area contributed by atoms with Crippen LogP contribution in [0.1, 0.15) is 52.7 Å². The highest BCUT2D eigenvalue weighted by Gasteiger charge is 2.29. The SMILES string of the molecule is CC(C)(C)c1cc(-c2cccc3c2oc2ccccc23)c2c(c1)c1cc(C(C)(C)C)cc(-c3cccc4c3oc3ccccc34)c1n2-c1ccc2oc3ccccc3c2c1. The van der Waals surface area contributed by atoms with Crippen molar-refractivity contribution in [2.75, 3.05) is 0 Å². The average molecular weight is 778 g/mol. The molecule has 0 fully saturated rings. The molecule has 0 saturated carbocycles. The maximum absolute atomic E-state index is 6.83. The zero-order valence-corrected chi connectivity index (χ0v) is 34.6. The number of nitrogens with zero attached hydrogens (tertiary/aromatic N) is 1. The van der Waals surface area contributed by atoms with Crippen LogP contribution >= 0.6 is 0 Å². The molecule has 0 unspecified atom stereocenters. The van der Waals surface area contributed by atoms with Gasteiger partial charge >= 0.3 is 0 Å². The fourth-order valence-electron chi connectivity index (χ4n) is 9.58. The van der Waals surface area contributed by atoms with Crippen LogP contribution in [-0.4, -0.2) is 4.57 Å². The molecule has 0 aliphatic rings. The second kappa shape index (κ2) is 12.2. The summed E-state index contributed by atoms with van der Waals surface area (Å²) in [4.78, 5) is 0. The van der Waals surface area contributed by atoms with Crippen LogP contribution in [0.5, 0.6) is 0 Å². The van der Waals surface area contributed by atoms with Crippen molar-refractivity contribution in [3.05, 3.63) is 163 Å². The molecule has 0 bridgehead atoms. The zero-order valence-electron chi connectivity index (χ0n) is 34.6. The molecule has 4 nitrogen and oxygen atoms in total. The molecule has 4 heteroatoms. The summed E-state index contributed by atoms with van der Waals surface area (Å²) in [7, 11) is 0. The van der Waals surface area contributed by atoms with Gasteiger partial charge in [0.05, 0.1) is 11.0 Å². The molecule has 0 amide bonds. The molecule has 4 aromatic heterocycles. The van der Waals surface area contributed by atoms with Gasteiger partial charge < -0.3 is 17.8 Å². The molecule has 12 aromatic rings. The van der Waals surface area contributed by atoms with E-state index in [4.69, 9.17) is 13.3 Å². The average Bonchev–Trinajstić information content (AvgIpc) is 4.01. The minimum Gasteiger partial charge on any atom is -0.456 e. The van der Waals surface area contributed by atoms with E-state index in [2.05, 4.69) is 180 Å². The third-order valence-corrected chi connectivity index (χ3v) is 12.7. The molecular formula is C56H43NO3. The number of benzene rings is 8. The van der Waals surface area contributed by atoms with Crippen molar-refractivity contribution in [3.8, 4) is 27.9 Å². The fraction of sp³-hybridized carbons (Fsp3) is 0.143. The largest absolute Gasteiger partial charge is 0.456 e. The first kappa shape index (κ1) is 35.0. The number of para-hydroxylation sites is 5. The Labute approximate surface area is 347 Å². The van der Waals surface area contributed by atoms with Gasteiger partial charge in [0.25, 0.3) is 0 Å². The fourth-order valence-corrected chi connectivity index (χ4v) is 9.58. The van der Waals surface area contributed by atoms with E-state index in [0.29, 0.717) is 0 Å². The number of fused-ring (bicyclic) bond motifs is 12. The van der Waals surface area contributed by atoms with E-state index >= 15 is 0 Å². The highest BCUT2D eigenvalue weighted by atomic mass is 16.3. The molecule has 12 rings (SSSR count). The van der Waals surface area contributed by atoms with Gasteiger partial charge in [-0.05, 0) is 82.6 Å². The van der Waals surface area contributed by atoms with E-state index in [1.165, 1.54) is 21.9 Å². The van der Waals surface area contributed by atoms with E-state index < -0.39 is 0 Å². The summed E-state index contributed by atoms with van der Waals surface area (Å²) in [6, 6.07) is 54.6. The second-order valence-electron chi connectivity index (χ2n) is 18.5. The quantitative estimate of drug-likeness (QED) is 0.179. The van der Waals surface area contributed by atoms with Crippen molar-refractivity contribution in [1.82, 2.24) is 4.57 Å². The van der Waals surface area contributed by atoms with E-state index in [-0.39, 0.29) is 10.8 Å². The molecule has 0 aliphatic heterocycles. The van der Waals surface area contributed by atoms with Gasteiger partial charge in [-0.1, -0.05) is 133 Å². The summed E-state index contributed by atoms with van der Waals surface area (Å²) >= 11 is 0. The third-order valence-electron chi connectivity index (χ3n) is 12.7. The maximum atomic E-state index is 6.83. The summed E-state index contributed by atoms with van der Waals surface area (Å²) < 4.78 is 22.6. The molecule has 0 atom stereocenters. The van der Waals surface area contributed by atoms with Crippen LogP contribution in [0.25, 0.3) is 116 Å². The second-order valence-corrected chi connectivity index (χ2v) is 18.5. The lowest BCUT2D eigenvalue weighted by Gasteiger charge is -2.22. The van der Waals surface area contributed by atoms with Crippen LogP contribution < -0.4 is 0 Å². The Hall–Kier alpha value is -7.04. The first-order valence-corrected chi connectivity index (χ1v) is 20.9. The van der Waals surface area contributed by atoms with E-state index in [1.807, 2.05) is 18.2 Å². The van der Waals surface area contributed by atoms with Crippen molar-refractivity contribution in [3.63, 3.8) is 0 Å². The van der Waals surface area contributed by atoms with Crippen molar-refractivity contribution in [1.29, 1.82) is 0 Å². The van der Waals surface area contributed by atoms with Gasteiger partial charge in [-0.3, -0.25) is 0 Å². The lowest BCUT2D eigenvalue weighted by Crippen LogP contribution is -2.11. The molecule has 0 spiro atoms. The van der Waals surface area contributed by atoms with Crippen molar-refractivity contribution in [2.45, 2.75) is 52.4 Å². The number of furan rings is 3. The summed E-state index contributed by atoms with van der Waals surface area (Å²) in [5, 5.41) is 9.02. The predicted molar refractivity (Wildman–Crippen MR) is 251 cm³/mol. The van der Waals surface area contributed by atoms with Crippen molar-refractivity contribution >= 4 is 87.6 Å². The minimum absolute atomic E-state index is 0.141. The van der Waals surface area contributed by atoms with Gasteiger partial charge in [-0.25, -0.2) is 0 Å². The molecule has 0 aliphatic carbocycles. The van der Waals surface area contributed by atoms with Crippen LogP contribution in [0, 0.1) is 0 Å². The number of aromatic nitrogens is 1. The molecule has 0 radical (unpaired) electrons. The molecule has 4 heterocycles. The lowest BCUT2D eigenvalue weighted by molar-refractivity contribution is 0.590. The number of hydrogen-bond acceptors (Lipinski definition) is 3. The highest BCUT2D eigenvalue weighted by Crippen LogP contribution is 2.49. The van der Waals surface area contributed by atoms with Crippen molar-refractivity contribution < 1.29 is 13.3 Å². The lowest BCUT2D eigenvalue weighted by atomic mass is 9.82. The van der Waals surface area contributed by atoms with Crippen LogP contribution in [0.2, 0.25) is 0 Å². The first-order chi connectivity index (χ1) is 29.0. The standard InChI is InChI=1S/C56H43NO3/c1-55(2,3)32-27-43(40-20-13-18-38-35-15-7-11-23-48(35)59-53(38)40)51-45(29-32)46-30-33(56(4,5)6)28-44(41-21-14-19-39-36-16-8-12-24-49(36)60-54(39)41)52(46)57(51)34-25-26-50-42(31-34)37-17-9-10-22-47(37)58-50/h7-31H,1-6H3. The Morgan fingerprint density at radius 1 is 0.333 bits per heavy atom. The molecule has 290 valence electrons. The van der Waals surface area contributed by atoms with E-state index in [0.717, 1.165) is 105 Å². The predicted octanol–water partition coefficient (Wildman–Crippen LogP) is 16.4. The van der Waals surface area contributed by atoms with Crippen LogP contribution in [0.4, 0.5) is 0 Å². The maximum Gasteiger partial charge on any atom is 0.143 e. The normalized spacial score (nSPS) is 12.8. The number of hydrogen-bond donors (Lipinski definition) is 0. The Bertz CT molecular complexity index is 3550. The highest BCUT2D eigenvalue weighted by molar-refractivity contribution is 6.22. The van der Waals surface area contributed by atoms with Gasteiger partial charge in [-0.15, -0.1) is 0 Å². The molecule has 0 N–H and O–H groups in total. The van der Waals surface area contributed by atoms with Crippen molar-refractivity contribution in [2.24, 2.45) is 0 Å². The van der Waals surface area contributed by atoms with E-state index in [1.54, 1.807) is 0 Å². The zero-order chi connectivity index (χ0) is 40.7. The van der Waals surface area contributed by atoms with Gasteiger partial charge in [0, 0.05) is 71.0 Å².